The first-order valence-corrected chi connectivity index (χ1v) is 7.66. The molecule has 116 valence electrons. The summed E-state index contributed by atoms with van der Waals surface area (Å²) in [4.78, 5) is 23.4. The highest BCUT2D eigenvalue weighted by Gasteiger charge is 2.14. The van der Waals surface area contributed by atoms with Gasteiger partial charge in [0.2, 0.25) is 0 Å². The SMILES string of the molecule is Cc1ccc(NC(=O)C(=O)NCCCOC(C)C)c(Br)c1. The molecule has 1 aromatic carbocycles. The Labute approximate surface area is 133 Å². The Morgan fingerprint density at radius 1 is 1.29 bits per heavy atom. The van der Waals surface area contributed by atoms with Crippen LogP contribution >= 0.6 is 15.9 Å². The van der Waals surface area contributed by atoms with Crippen LogP contribution in [0, 0.1) is 6.92 Å². The Morgan fingerprint density at radius 2 is 2.00 bits per heavy atom. The van der Waals surface area contributed by atoms with Crippen LogP contribution in [0.2, 0.25) is 0 Å². The highest BCUT2D eigenvalue weighted by Crippen LogP contribution is 2.23. The maximum Gasteiger partial charge on any atom is 0.313 e. The van der Waals surface area contributed by atoms with Crippen molar-refractivity contribution in [2.24, 2.45) is 0 Å². The van der Waals surface area contributed by atoms with Crippen LogP contribution < -0.4 is 10.6 Å². The standard InChI is InChI=1S/C15H21BrN2O3/c1-10(2)21-8-4-7-17-14(19)15(20)18-13-6-5-11(3)9-12(13)16/h5-6,9-10H,4,7-8H2,1-3H3,(H,17,19)(H,18,20). The molecular weight excluding hydrogens is 336 g/mol. The number of ether oxygens (including phenoxy) is 1. The molecule has 0 saturated carbocycles. The van der Waals surface area contributed by atoms with E-state index in [4.69, 9.17) is 4.74 Å². The molecule has 0 aliphatic rings. The quantitative estimate of drug-likeness (QED) is 0.608. The van der Waals surface area contributed by atoms with Gasteiger partial charge in [-0.25, -0.2) is 0 Å². The molecule has 0 unspecified atom stereocenters. The topological polar surface area (TPSA) is 67.4 Å². The number of hydrogen-bond donors (Lipinski definition) is 2. The van der Waals surface area contributed by atoms with Gasteiger partial charge in [0.25, 0.3) is 0 Å². The van der Waals surface area contributed by atoms with Crippen LogP contribution in [-0.2, 0) is 14.3 Å². The van der Waals surface area contributed by atoms with Crippen LogP contribution in [0.1, 0.15) is 25.8 Å². The Bertz CT molecular complexity index is 504. The van der Waals surface area contributed by atoms with Crippen LogP contribution in [0.25, 0.3) is 0 Å². The van der Waals surface area contributed by atoms with Crippen molar-refractivity contribution in [2.45, 2.75) is 33.3 Å². The molecule has 0 aliphatic carbocycles. The van der Waals surface area contributed by atoms with E-state index in [-0.39, 0.29) is 6.10 Å². The Kier molecular flexibility index (Phi) is 7.39. The van der Waals surface area contributed by atoms with E-state index in [2.05, 4.69) is 26.6 Å². The van der Waals surface area contributed by atoms with Gasteiger partial charge in [0.1, 0.15) is 0 Å². The number of carbonyl (C=O) groups excluding carboxylic acids is 2. The number of halogens is 1. The van der Waals surface area contributed by atoms with E-state index in [0.717, 1.165) is 10.0 Å². The average Bonchev–Trinajstić information content (AvgIpc) is 2.40. The van der Waals surface area contributed by atoms with Gasteiger partial charge in [-0.3, -0.25) is 9.59 Å². The summed E-state index contributed by atoms with van der Waals surface area (Å²) in [5.74, 6) is -1.32. The van der Waals surface area contributed by atoms with Crippen LogP contribution in [-0.4, -0.2) is 31.1 Å². The van der Waals surface area contributed by atoms with Gasteiger partial charge in [-0.05, 0) is 60.8 Å². The molecule has 5 nitrogen and oxygen atoms in total. The van der Waals surface area contributed by atoms with Gasteiger partial charge in [0, 0.05) is 17.6 Å². The predicted octanol–water partition coefficient (Wildman–Crippen LogP) is 2.63. The van der Waals surface area contributed by atoms with Crippen LogP contribution in [0.3, 0.4) is 0 Å². The predicted molar refractivity (Wildman–Crippen MR) is 86.2 cm³/mol. The summed E-state index contributed by atoms with van der Waals surface area (Å²) in [7, 11) is 0. The fourth-order valence-corrected chi connectivity index (χ4v) is 2.17. The molecule has 1 aromatic rings. The zero-order valence-electron chi connectivity index (χ0n) is 12.5. The molecule has 0 radical (unpaired) electrons. The lowest BCUT2D eigenvalue weighted by atomic mass is 10.2. The Morgan fingerprint density at radius 3 is 2.62 bits per heavy atom. The number of rotatable bonds is 6. The highest BCUT2D eigenvalue weighted by atomic mass is 79.9. The van der Waals surface area contributed by atoms with Crippen LogP contribution in [0.4, 0.5) is 5.69 Å². The van der Waals surface area contributed by atoms with Crippen molar-refractivity contribution < 1.29 is 14.3 Å². The molecule has 0 fully saturated rings. The number of anilines is 1. The maximum atomic E-state index is 11.7. The number of aryl methyl sites for hydroxylation is 1. The molecule has 0 spiro atoms. The average molecular weight is 357 g/mol. The fourth-order valence-electron chi connectivity index (χ4n) is 1.57. The van der Waals surface area contributed by atoms with E-state index < -0.39 is 11.8 Å². The molecule has 0 heterocycles. The fraction of sp³-hybridized carbons (Fsp3) is 0.467. The third-order valence-electron chi connectivity index (χ3n) is 2.64. The van der Waals surface area contributed by atoms with Gasteiger partial charge in [-0.1, -0.05) is 6.07 Å². The summed E-state index contributed by atoms with van der Waals surface area (Å²) in [5, 5.41) is 5.13. The molecule has 0 saturated heterocycles. The largest absolute Gasteiger partial charge is 0.379 e. The van der Waals surface area contributed by atoms with E-state index in [1.54, 1.807) is 6.07 Å². The van der Waals surface area contributed by atoms with E-state index in [1.165, 1.54) is 0 Å². The van der Waals surface area contributed by atoms with Crippen molar-refractivity contribution in [3.63, 3.8) is 0 Å². The van der Waals surface area contributed by atoms with Gasteiger partial charge < -0.3 is 15.4 Å². The van der Waals surface area contributed by atoms with Gasteiger partial charge in [-0.2, -0.15) is 0 Å². The monoisotopic (exact) mass is 356 g/mol. The van der Waals surface area contributed by atoms with Gasteiger partial charge in [-0.15, -0.1) is 0 Å². The normalized spacial score (nSPS) is 10.5. The van der Waals surface area contributed by atoms with E-state index in [1.807, 2.05) is 32.9 Å². The van der Waals surface area contributed by atoms with Gasteiger partial charge in [0.15, 0.2) is 0 Å². The molecule has 2 N–H and O–H groups in total. The van der Waals surface area contributed by atoms with Crippen LogP contribution in [0.5, 0.6) is 0 Å². The van der Waals surface area contributed by atoms with Crippen molar-refractivity contribution in [1.82, 2.24) is 5.32 Å². The smallest absolute Gasteiger partial charge is 0.313 e. The first-order chi connectivity index (χ1) is 9.90. The number of hydrogen-bond acceptors (Lipinski definition) is 3. The molecule has 0 atom stereocenters. The van der Waals surface area contributed by atoms with Gasteiger partial charge in [0.05, 0.1) is 11.8 Å². The summed E-state index contributed by atoms with van der Waals surface area (Å²) in [6.07, 6.45) is 0.841. The third-order valence-corrected chi connectivity index (χ3v) is 3.29. The second kappa shape index (κ2) is 8.79. The minimum absolute atomic E-state index is 0.169. The minimum Gasteiger partial charge on any atom is -0.379 e. The first-order valence-electron chi connectivity index (χ1n) is 6.87. The number of carbonyl (C=O) groups is 2. The summed E-state index contributed by atoms with van der Waals surface area (Å²) in [5.41, 5.74) is 1.64. The van der Waals surface area contributed by atoms with Crippen molar-refractivity contribution in [2.75, 3.05) is 18.5 Å². The molecule has 0 bridgehead atoms. The molecule has 0 aromatic heterocycles. The summed E-state index contributed by atoms with van der Waals surface area (Å²) in [6.45, 7) is 6.82. The molecule has 0 aliphatic heterocycles. The molecule has 6 heteroatoms. The molecule has 21 heavy (non-hydrogen) atoms. The van der Waals surface area contributed by atoms with E-state index in [0.29, 0.717) is 25.3 Å². The van der Waals surface area contributed by atoms with Crippen molar-refractivity contribution in [3.05, 3.63) is 28.2 Å². The number of benzene rings is 1. The lowest BCUT2D eigenvalue weighted by Crippen LogP contribution is -2.36. The van der Waals surface area contributed by atoms with Crippen LogP contribution in [0.15, 0.2) is 22.7 Å². The zero-order chi connectivity index (χ0) is 15.8. The van der Waals surface area contributed by atoms with Gasteiger partial charge >= 0.3 is 11.8 Å². The third kappa shape index (κ3) is 6.73. The van der Waals surface area contributed by atoms with E-state index in [9.17, 15) is 9.59 Å². The lowest BCUT2D eigenvalue weighted by molar-refractivity contribution is -0.136. The van der Waals surface area contributed by atoms with Crippen molar-refractivity contribution >= 4 is 33.4 Å². The second-order valence-corrected chi connectivity index (χ2v) is 5.82. The molecular formula is C15H21BrN2O3. The first kappa shape index (κ1) is 17.7. The number of amides is 2. The molecule has 2 amide bonds. The lowest BCUT2D eigenvalue weighted by Gasteiger charge is -2.09. The van der Waals surface area contributed by atoms with E-state index >= 15 is 0 Å². The highest BCUT2D eigenvalue weighted by molar-refractivity contribution is 9.10. The van der Waals surface area contributed by atoms with Crippen molar-refractivity contribution in [3.8, 4) is 0 Å². The second-order valence-electron chi connectivity index (χ2n) is 4.97. The summed E-state index contributed by atoms with van der Waals surface area (Å²) < 4.78 is 6.09. The zero-order valence-corrected chi connectivity index (χ0v) is 14.1. The maximum absolute atomic E-state index is 11.7. The minimum atomic E-state index is -0.677. The van der Waals surface area contributed by atoms with Crippen molar-refractivity contribution in [1.29, 1.82) is 0 Å². The molecule has 1 rings (SSSR count). The Hall–Kier alpha value is -1.40. The summed E-state index contributed by atoms with van der Waals surface area (Å²) in [6, 6.07) is 5.49. The Balaban J connectivity index is 2.36. The number of nitrogens with one attached hydrogen (secondary N) is 2. The summed E-state index contributed by atoms with van der Waals surface area (Å²) >= 11 is 3.35.